The normalized spacial score (nSPS) is 11.6. The summed E-state index contributed by atoms with van der Waals surface area (Å²) in [6.07, 6.45) is -3.02. The lowest BCUT2D eigenvalue weighted by Gasteiger charge is -2.18. The molecule has 24 nitrogen and oxygen atoms in total. The van der Waals surface area contributed by atoms with E-state index >= 15 is 0 Å². The van der Waals surface area contributed by atoms with Crippen molar-refractivity contribution in [2.75, 3.05) is 73.4 Å². The number of anilines is 6. The number of benzene rings is 4. The minimum Gasteiger partial charge on any atom is -0.493 e. The van der Waals surface area contributed by atoms with E-state index in [4.69, 9.17) is 48.4 Å². The number of nitrogens with zero attached hydrogens (tertiary/aromatic N) is 6. The maximum atomic E-state index is 12.7. The molecule has 24 heteroatoms. The number of non-ortho nitro benzene ring substituents is 2. The van der Waals surface area contributed by atoms with Crippen LogP contribution in [-0.4, -0.2) is 95.7 Å². The Hall–Kier alpha value is -8.96. The lowest BCUT2D eigenvalue weighted by Crippen LogP contribution is -2.27. The maximum Gasteiger partial charge on any atom is 0.411 e. The largest absolute Gasteiger partial charge is 0.493 e. The summed E-state index contributed by atoms with van der Waals surface area (Å²) in [5, 5.41) is 40.1. The molecule has 2 amide bonds. The zero-order chi connectivity index (χ0) is 48.7. The van der Waals surface area contributed by atoms with E-state index in [0.29, 0.717) is 45.4 Å². The van der Waals surface area contributed by atoms with Gasteiger partial charge < -0.3 is 49.7 Å². The van der Waals surface area contributed by atoms with Crippen LogP contribution in [-0.2, 0) is 22.6 Å². The third-order valence-electron chi connectivity index (χ3n) is 9.72. The van der Waals surface area contributed by atoms with Crippen molar-refractivity contribution in [3.8, 4) is 23.0 Å². The summed E-state index contributed by atoms with van der Waals surface area (Å²) in [4.78, 5) is 65.6. The molecule has 6 rings (SSSR count). The third kappa shape index (κ3) is 13.1. The monoisotopic (exact) mass is 936 g/mol. The van der Waals surface area contributed by atoms with Gasteiger partial charge in [-0.15, -0.1) is 0 Å². The quantitative estimate of drug-likeness (QED) is 0.0282. The molecule has 0 aliphatic heterocycles. The van der Waals surface area contributed by atoms with E-state index in [1.807, 2.05) is 24.3 Å². The lowest BCUT2D eigenvalue weighted by molar-refractivity contribution is -0.385. The first-order valence-electron chi connectivity index (χ1n) is 20.7. The van der Waals surface area contributed by atoms with Gasteiger partial charge in [0, 0.05) is 48.7 Å². The summed E-state index contributed by atoms with van der Waals surface area (Å²) in [7, 11) is 6.16. The number of aromatic nitrogens is 4. The van der Waals surface area contributed by atoms with Crippen molar-refractivity contribution in [2.45, 2.75) is 39.1 Å². The van der Waals surface area contributed by atoms with Crippen molar-refractivity contribution in [3.63, 3.8) is 0 Å². The molecule has 356 valence electrons. The zero-order valence-electron chi connectivity index (χ0n) is 37.6. The van der Waals surface area contributed by atoms with Crippen LogP contribution in [0.4, 0.5) is 55.9 Å². The first-order valence-corrected chi connectivity index (χ1v) is 20.7. The minimum atomic E-state index is -0.787. The van der Waals surface area contributed by atoms with Gasteiger partial charge in [-0.25, -0.2) is 19.6 Å². The number of nitro benzene ring substituents is 2. The number of hydrogen-bond donors (Lipinski definition) is 6. The third-order valence-corrected chi connectivity index (χ3v) is 9.72. The Balaban J connectivity index is 1.28. The Morgan fingerprint density at radius 2 is 0.897 bits per heavy atom. The number of fused-ring (bicyclic) bond motifs is 1. The van der Waals surface area contributed by atoms with Gasteiger partial charge in [-0.3, -0.25) is 30.9 Å². The van der Waals surface area contributed by atoms with Gasteiger partial charge in [-0.2, -0.15) is 9.97 Å². The van der Waals surface area contributed by atoms with E-state index in [1.165, 1.54) is 62.8 Å². The average Bonchev–Trinajstić information content (AvgIpc) is 3.33. The van der Waals surface area contributed by atoms with Crippen molar-refractivity contribution in [2.24, 2.45) is 0 Å². The number of nitro groups is 2. The molecule has 6 aromatic rings. The Kier molecular flexibility index (Phi) is 16.2. The van der Waals surface area contributed by atoms with Crippen LogP contribution in [0.1, 0.15) is 25.0 Å². The summed E-state index contributed by atoms with van der Waals surface area (Å²) in [6.45, 7) is 3.90. The van der Waals surface area contributed by atoms with Crippen LogP contribution in [0.3, 0.4) is 0 Å². The van der Waals surface area contributed by atoms with Gasteiger partial charge in [-0.1, -0.05) is 12.1 Å². The predicted molar refractivity (Wildman–Crippen MR) is 251 cm³/mol. The van der Waals surface area contributed by atoms with Crippen LogP contribution in [0, 0.1) is 20.2 Å². The molecule has 0 saturated heterocycles. The van der Waals surface area contributed by atoms with Gasteiger partial charge in [0.25, 0.3) is 11.4 Å². The smallest absolute Gasteiger partial charge is 0.411 e. The van der Waals surface area contributed by atoms with E-state index < -0.39 is 34.2 Å². The highest BCUT2D eigenvalue weighted by Gasteiger charge is 2.20. The Bertz CT molecular complexity index is 2560. The molecule has 0 saturated carbocycles. The highest BCUT2D eigenvalue weighted by atomic mass is 16.6. The number of rotatable bonds is 22. The fourth-order valence-corrected chi connectivity index (χ4v) is 6.32. The molecule has 0 bridgehead atoms. The van der Waals surface area contributed by atoms with Crippen LogP contribution < -0.4 is 50.8 Å². The molecule has 2 atom stereocenters. The molecule has 68 heavy (non-hydrogen) atoms. The number of carbonyl (C=O) groups is 2. The van der Waals surface area contributed by atoms with Crippen molar-refractivity contribution >= 4 is 69.5 Å². The zero-order valence-corrected chi connectivity index (χ0v) is 37.6. The molecule has 4 aromatic carbocycles. The highest BCUT2D eigenvalue weighted by molar-refractivity contribution is 5.94. The number of ether oxygens (including phenoxy) is 6. The summed E-state index contributed by atoms with van der Waals surface area (Å²) < 4.78 is 32.9. The molecule has 0 radical (unpaired) electrons. The molecular weight excluding hydrogens is 889 g/mol. The number of amides is 2. The molecule has 2 aromatic heterocycles. The van der Waals surface area contributed by atoms with E-state index in [2.05, 4.69) is 31.9 Å². The molecule has 6 N–H and O–H groups in total. The second-order valence-electron chi connectivity index (χ2n) is 14.6. The number of hydrogen-bond acceptors (Lipinski definition) is 20. The Morgan fingerprint density at radius 1 is 0.529 bits per heavy atom. The van der Waals surface area contributed by atoms with E-state index in [1.54, 1.807) is 40.2 Å². The van der Waals surface area contributed by atoms with Crippen molar-refractivity contribution in [3.05, 3.63) is 116 Å². The molecule has 0 aliphatic carbocycles. The summed E-state index contributed by atoms with van der Waals surface area (Å²) >= 11 is 0. The van der Waals surface area contributed by atoms with Gasteiger partial charge in [-0.05, 0) is 73.5 Å². The number of carbonyl (C=O) groups excluding carboxylic acids is 2. The van der Waals surface area contributed by atoms with Gasteiger partial charge in [0.2, 0.25) is 11.9 Å². The van der Waals surface area contributed by atoms with Crippen molar-refractivity contribution < 1.29 is 47.9 Å². The van der Waals surface area contributed by atoms with Gasteiger partial charge >= 0.3 is 12.2 Å². The number of methoxy groups -OCH3 is 4. The summed E-state index contributed by atoms with van der Waals surface area (Å²) in [5.41, 5.74) is 2.55. The Labute approximate surface area is 388 Å². The SMILES string of the molecule is COc1ccc(CNc2nc(NCC(C)OC(=O)Nc3ccc([N+](=O)[O-])cc3)nc3c(NCc4ccc(OC)c(OC)c4)nc(NCC(C)OC(=O)Nc4ccc([N+](=O)[O-])cc4)nc23)cc1OC. The van der Waals surface area contributed by atoms with Crippen LogP contribution >= 0.6 is 0 Å². The number of nitrogens with one attached hydrogen (secondary N) is 6. The topological polar surface area (TPSA) is 300 Å². The summed E-state index contributed by atoms with van der Waals surface area (Å²) in [5.74, 6) is 2.93. The van der Waals surface area contributed by atoms with Crippen LogP contribution in [0.25, 0.3) is 11.0 Å². The second-order valence-corrected chi connectivity index (χ2v) is 14.6. The van der Waals surface area contributed by atoms with Crippen molar-refractivity contribution in [1.82, 2.24) is 19.9 Å². The molecule has 2 unspecified atom stereocenters. The van der Waals surface area contributed by atoms with Crippen LogP contribution in [0.2, 0.25) is 0 Å². The van der Waals surface area contributed by atoms with Crippen LogP contribution in [0.15, 0.2) is 84.9 Å². The molecule has 2 heterocycles. The maximum absolute atomic E-state index is 12.7. The minimum absolute atomic E-state index is 0.0544. The Morgan fingerprint density at radius 3 is 1.24 bits per heavy atom. The van der Waals surface area contributed by atoms with E-state index in [-0.39, 0.29) is 61.1 Å². The second kappa shape index (κ2) is 22.8. The fourth-order valence-electron chi connectivity index (χ4n) is 6.32. The van der Waals surface area contributed by atoms with Crippen LogP contribution in [0.5, 0.6) is 23.0 Å². The van der Waals surface area contributed by atoms with Crippen molar-refractivity contribution in [1.29, 1.82) is 0 Å². The summed E-state index contributed by atoms with van der Waals surface area (Å²) in [6, 6.07) is 21.5. The van der Waals surface area contributed by atoms with E-state index in [0.717, 1.165) is 11.1 Å². The lowest BCUT2D eigenvalue weighted by atomic mass is 10.2. The molecule has 0 fully saturated rings. The predicted octanol–water partition coefficient (Wildman–Crippen LogP) is 7.59. The first kappa shape index (κ1) is 48.5. The molecule has 0 spiro atoms. The first-order chi connectivity index (χ1) is 32.7. The molecular formula is C44H48N12O12. The fraction of sp³-hybridized carbons (Fsp3) is 0.273. The standard InChI is InChI=1S/C44H48N12O12/c1-25(67-43(57)49-29-9-13-31(14-10-29)55(59)60)21-47-41-51-37-38(39(53-41)45-23-27-7-17-33(63-3)35(19-27)65-5)52-42(54-40(37)46-24-28-8-18-34(64-4)36(20-28)66-6)48-22-26(2)68-44(58)50-30-11-15-32(16-12-30)56(61)62/h7-20,25-26H,21-24H2,1-6H3,(H,49,57)(H,50,58)(H2,45,47,51,53)(H2,46,48,52,54). The van der Waals surface area contributed by atoms with Gasteiger partial charge in [0.1, 0.15) is 23.2 Å². The van der Waals surface area contributed by atoms with Gasteiger partial charge in [0.15, 0.2) is 34.6 Å². The highest BCUT2D eigenvalue weighted by Crippen LogP contribution is 2.32. The van der Waals surface area contributed by atoms with E-state index in [9.17, 15) is 29.8 Å². The average molecular weight is 937 g/mol. The molecule has 0 aliphatic rings. The van der Waals surface area contributed by atoms with Gasteiger partial charge in [0.05, 0.1) is 51.4 Å².